The van der Waals surface area contributed by atoms with E-state index in [1.165, 1.54) is 36.4 Å². The summed E-state index contributed by atoms with van der Waals surface area (Å²) >= 11 is 0. The summed E-state index contributed by atoms with van der Waals surface area (Å²) in [7, 11) is 0. The third-order valence-electron chi connectivity index (χ3n) is 2.63. The maximum absolute atomic E-state index is 12.0. The summed E-state index contributed by atoms with van der Waals surface area (Å²) in [5.74, 6) is -0.544. The Kier molecular flexibility index (Phi) is 4.43. The summed E-state index contributed by atoms with van der Waals surface area (Å²) < 4.78 is 10.1. The molecule has 0 amide bonds. The first-order valence-electron chi connectivity index (χ1n) is 6.30. The number of carbonyl (C=O) groups excluding carboxylic acids is 2. The van der Waals surface area contributed by atoms with E-state index < -0.39 is 11.9 Å². The third-order valence-corrected chi connectivity index (χ3v) is 2.63. The Hall–Kier alpha value is -3.28. The van der Waals surface area contributed by atoms with Crippen LogP contribution in [0.5, 0.6) is 11.5 Å². The quantitative estimate of drug-likeness (QED) is 0.388. The molecule has 0 aromatic heterocycles. The van der Waals surface area contributed by atoms with E-state index in [9.17, 15) is 9.59 Å². The van der Waals surface area contributed by atoms with Crippen LogP contribution in [0.15, 0.2) is 55.1 Å². The van der Waals surface area contributed by atoms with Crippen molar-refractivity contribution >= 4 is 23.3 Å². The van der Waals surface area contributed by atoms with E-state index in [1.807, 2.05) is 0 Å². The average Bonchev–Trinajstić information content (AvgIpc) is 2.48. The molecule has 6 nitrogen and oxygen atoms in total. The summed E-state index contributed by atoms with van der Waals surface area (Å²) in [6.07, 6.45) is 1.05. The van der Waals surface area contributed by atoms with Gasteiger partial charge < -0.3 is 20.9 Å². The molecule has 6 heteroatoms. The topological polar surface area (TPSA) is 105 Å². The molecular formula is C16H14N2O4. The lowest BCUT2D eigenvalue weighted by Gasteiger charge is -2.07. The zero-order valence-corrected chi connectivity index (χ0v) is 11.6. The number of ether oxygens (including phenoxy) is 2. The van der Waals surface area contributed by atoms with Crippen molar-refractivity contribution in [3.8, 4) is 11.5 Å². The Morgan fingerprint density at radius 3 is 1.91 bits per heavy atom. The fraction of sp³-hybridized carbons (Fsp3) is 0. The first kappa shape index (κ1) is 15.1. The maximum Gasteiger partial charge on any atom is 0.343 e. The molecule has 0 atom stereocenters. The highest BCUT2D eigenvalue weighted by atomic mass is 16.5. The summed E-state index contributed by atoms with van der Waals surface area (Å²) in [6, 6.07) is 10.5. The van der Waals surface area contributed by atoms with Crippen molar-refractivity contribution in [1.29, 1.82) is 0 Å². The van der Waals surface area contributed by atoms with Crippen LogP contribution in [-0.2, 0) is 4.79 Å². The molecule has 0 saturated heterocycles. The normalized spacial score (nSPS) is 9.82. The average molecular weight is 298 g/mol. The second kappa shape index (κ2) is 6.45. The molecule has 112 valence electrons. The zero-order chi connectivity index (χ0) is 16.1. The van der Waals surface area contributed by atoms with Gasteiger partial charge in [0, 0.05) is 17.5 Å². The molecule has 0 bridgehead atoms. The van der Waals surface area contributed by atoms with Crippen molar-refractivity contribution in [2.75, 3.05) is 11.5 Å². The van der Waals surface area contributed by atoms with Crippen LogP contribution in [0.4, 0.5) is 11.4 Å². The van der Waals surface area contributed by atoms with E-state index in [0.29, 0.717) is 22.9 Å². The number of carbonyl (C=O) groups is 2. The predicted molar refractivity (Wildman–Crippen MR) is 82.5 cm³/mol. The molecule has 2 aromatic carbocycles. The van der Waals surface area contributed by atoms with Crippen molar-refractivity contribution in [1.82, 2.24) is 0 Å². The molecule has 0 aliphatic rings. The fourth-order valence-electron chi connectivity index (χ4n) is 1.69. The number of hydrogen-bond acceptors (Lipinski definition) is 6. The SMILES string of the molecule is C=CC(=O)Oc1ccc(OC(=O)c2cc(N)cc(N)c2)cc1. The Bertz CT molecular complexity index is 703. The van der Waals surface area contributed by atoms with Gasteiger partial charge in [-0.2, -0.15) is 0 Å². The van der Waals surface area contributed by atoms with Crippen LogP contribution < -0.4 is 20.9 Å². The minimum Gasteiger partial charge on any atom is -0.423 e. The first-order chi connectivity index (χ1) is 10.5. The van der Waals surface area contributed by atoms with Gasteiger partial charge in [0.2, 0.25) is 0 Å². The van der Waals surface area contributed by atoms with E-state index >= 15 is 0 Å². The minimum absolute atomic E-state index is 0.250. The van der Waals surface area contributed by atoms with Gasteiger partial charge in [-0.15, -0.1) is 0 Å². The Morgan fingerprint density at radius 1 is 0.909 bits per heavy atom. The Morgan fingerprint density at radius 2 is 1.41 bits per heavy atom. The van der Waals surface area contributed by atoms with Crippen molar-refractivity contribution in [2.24, 2.45) is 0 Å². The molecule has 0 unspecified atom stereocenters. The van der Waals surface area contributed by atoms with Gasteiger partial charge in [-0.1, -0.05) is 6.58 Å². The van der Waals surface area contributed by atoms with E-state index in [-0.39, 0.29) is 5.56 Å². The van der Waals surface area contributed by atoms with Gasteiger partial charge in [-0.05, 0) is 42.5 Å². The molecule has 0 fully saturated rings. The highest BCUT2D eigenvalue weighted by Crippen LogP contribution is 2.20. The van der Waals surface area contributed by atoms with E-state index in [1.54, 1.807) is 6.07 Å². The monoisotopic (exact) mass is 298 g/mol. The Balaban J connectivity index is 2.08. The smallest absolute Gasteiger partial charge is 0.343 e. The third kappa shape index (κ3) is 3.86. The van der Waals surface area contributed by atoms with Crippen LogP contribution in [-0.4, -0.2) is 11.9 Å². The van der Waals surface area contributed by atoms with Crippen LogP contribution in [0.1, 0.15) is 10.4 Å². The molecule has 2 rings (SSSR count). The van der Waals surface area contributed by atoms with Crippen molar-refractivity contribution < 1.29 is 19.1 Å². The van der Waals surface area contributed by atoms with Gasteiger partial charge >= 0.3 is 11.9 Å². The number of hydrogen-bond donors (Lipinski definition) is 2. The van der Waals surface area contributed by atoms with Crippen LogP contribution in [0.3, 0.4) is 0 Å². The maximum atomic E-state index is 12.0. The van der Waals surface area contributed by atoms with Gasteiger partial charge in [0.05, 0.1) is 5.56 Å². The highest BCUT2D eigenvalue weighted by Gasteiger charge is 2.10. The van der Waals surface area contributed by atoms with Gasteiger partial charge in [-0.3, -0.25) is 0 Å². The molecule has 0 spiro atoms. The number of benzene rings is 2. The second-order valence-corrected chi connectivity index (χ2v) is 4.37. The van der Waals surface area contributed by atoms with Crippen molar-refractivity contribution in [2.45, 2.75) is 0 Å². The van der Waals surface area contributed by atoms with Gasteiger partial charge in [0.25, 0.3) is 0 Å². The lowest BCUT2D eigenvalue weighted by molar-refractivity contribution is -0.128. The van der Waals surface area contributed by atoms with Crippen molar-refractivity contribution in [3.05, 3.63) is 60.7 Å². The molecular weight excluding hydrogens is 284 g/mol. The molecule has 0 saturated carbocycles. The largest absolute Gasteiger partial charge is 0.423 e. The number of esters is 2. The highest BCUT2D eigenvalue weighted by molar-refractivity contribution is 5.93. The molecule has 0 aliphatic carbocycles. The van der Waals surface area contributed by atoms with Crippen LogP contribution >= 0.6 is 0 Å². The summed E-state index contributed by atoms with van der Waals surface area (Å²) in [6.45, 7) is 3.30. The molecule has 4 N–H and O–H groups in total. The number of anilines is 2. The Labute approximate surface area is 126 Å². The second-order valence-electron chi connectivity index (χ2n) is 4.37. The summed E-state index contributed by atoms with van der Waals surface area (Å²) in [4.78, 5) is 23.0. The van der Waals surface area contributed by atoms with Gasteiger partial charge in [0.1, 0.15) is 11.5 Å². The number of rotatable bonds is 4. The van der Waals surface area contributed by atoms with E-state index in [0.717, 1.165) is 6.08 Å². The predicted octanol–water partition coefficient (Wildman–Crippen LogP) is 2.16. The van der Waals surface area contributed by atoms with Crippen LogP contribution in [0.25, 0.3) is 0 Å². The van der Waals surface area contributed by atoms with Crippen LogP contribution in [0, 0.1) is 0 Å². The van der Waals surface area contributed by atoms with Gasteiger partial charge in [0.15, 0.2) is 0 Å². The van der Waals surface area contributed by atoms with E-state index in [2.05, 4.69) is 6.58 Å². The minimum atomic E-state index is -0.588. The number of nitrogens with two attached hydrogens (primary N) is 2. The summed E-state index contributed by atoms with van der Waals surface area (Å²) in [5, 5.41) is 0. The fourth-order valence-corrected chi connectivity index (χ4v) is 1.69. The molecule has 22 heavy (non-hydrogen) atoms. The molecule has 0 aliphatic heterocycles. The molecule has 2 aromatic rings. The number of nitrogen functional groups attached to an aromatic ring is 2. The van der Waals surface area contributed by atoms with Crippen molar-refractivity contribution in [3.63, 3.8) is 0 Å². The molecule has 0 radical (unpaired) electrons. The lowest BCUT2D eigenvalue weighted by Crippen LogP contribution is -2.09. The first-order valence-corrected chi connectivity index (χ1v) is 6.30. The zero-order valence-electron chi connectivity index (χ0n) is 11.6. The van der Waals surface area contributed by atoms with Crippen LogP contribution in [0.2, 0.25) is 0 Å². The summed E-state index contributed by atoms with van der Waals surface area (Å²) in [5.41, 5.74) is 12.2. The van der Waals surface area contributed by atoms with E-state index in [4.69, 9.17) is 20.9 Å². The van der Waals surface area contributed by atoms with Gasteiger partial charge in [-0.25, -0.2) is 9.59 Å². The standard InChI is InChI=1S/C16H14N2O4/c1-2-15(19)21-13-3-5-14(6-4-13)22-16(20)10-7-11(17)9-12(18)8-10/h2-9H,1,17-18H2. The molecule has 0 heterocycles. The lowest BCUT2D eigenvalue weighted by atomic mass is 10.2.